The van der Waals surface area contributed by atoms with E-state index in [1.54, 1.807) is 6.33 Å². The van der Waals surface area contributed by atoms with Crippen LogP contribution in [0.25, 0.3) is 0 Å². The van der Waals surface area contributed by atoms with Crippen LogP contribution in [0.15, 0.2) is 36.7 Å². The molecule has 3 rings (SSSR count). The molecule has 1 saturated heterocycles. The average molecular weight is 323 g/mol. The second-order valence-electron chi connectivity index (χ2n) is 6.03. The Morgan fingerprint density at radius 2 is 2.17 bits per heavy atom. The van der Waals surface area contributed by atoms with Crippen LogP contribution in [0.1, 0.15) is 36.9 Å². The summed E-state index contributed by atoms with van der Waals surface area (Å²) in [5.74, 6) is 1.59. The predicted octanol–water partition coefficient (Wildman–Crippen LogP) is 2.48. The number of hydrogen-bond donors (Lipinski definition) is 2. The zero-order valence-corrected chi connectivity index (χ0v) is 13.7. The van der Waals surface area contributed by atoms with Crippen molar-refractivity contribution in [3.8, 4) is 6.07 Å². The van der Waals surface area contributed by atoms with Crippen molar-refractivity contribution < 1.29 is 5.11 Å². The highest BCUT2D eigenvalue weighted by Crippen LogP contribution is 2.26. The second-order valence-corrected chi connectivity index (χ2v) is 6.03. The highest BCUT2D eigenvalue weighted by atomic mass is 16.3. The first kappa shape index (κ1) is 16.2. The van der Waals surface area contributed by atoms with Crippen molar-refractivity contribution in [2.45, 2.75) is 31.8 Å². The zero-order valence-electron chi connectivity index (χ0n) is 13.7. The summed E-state index contributed by atoms with van der Waals surface area (Å²) in [7, 11) is 0. The maximum atomic E-state index is 9.48. The topological polar surface area (TPSA) is 85.1 Å². The molecule has 1 aromatic heterocycles. The number of nitrogens with one attached hydrogen (secondary N) is 1. The SMILES string of the molecule is CC(Nc1cc(N2CCCC2CO)ncn1)c1ccc(C#N)cc1. The standard InChI is InChI=1S/C18H21N5O/c1-13(15-6-4-14(10-19)5-7-15)22-17-9-18(21-12-20-17)23-8-2-3-16(23)11-24/h4-7,9,12-13,16,24H,2-3,8,11H2,1H3,(H,20,21,22). The Kier molecular flexibility index (Phi) is 4.92. The van der Waals surface area contributed by atoms with Crippen LogP contribution in [0.5, 0.6) is 0 Å². The molecule has 124 valence electrons. The van der Waals surface area contributed by atoms with E-state index in [9.17, 15) is 5.11 Å². The average Bonchev–Trinajstić information content (AvgIpc) is 3.11. The van der Waals surface area contributed by atoms with E-state index in [0.717, 1.165) is 36.6 Å². The molecule has 1 aromatic carbocycles. The summed E-state index contributed by atoms with van der Waals surface area (Å²) in [6.07, 6.45) is 3.61. The molecule has 6 heteroatoms. The fourth-order valence-corrected chi connectivity index (χ4v) is 3.06. The Morgan fingerprint density at radius 1 is 1.38 bits per heavy atom. The van der Waals surface area contributed by atoms with Gasteiger partial charge < -0.3 is 15.3 Å². The fourth-order valence-electron chi connectivity index (χ4n) is 3.06. The zero-order chi connectivity index (χ0) is 16.9. The number of rotatable bonds is 5. The van der Waals surface area contributed by atoms with E-state index in [0.29, 0.717) is 5.56 Å². The lowest BCUT2D eigenvalue weighted by molar-refractivity contribution is 0.266. The Hall–Kier alpha value is -2.65. The van der Waals surface area contributed by atoms with Gasteiger partial charge in [0, 0.05) is 18.7 Å². The highest BCUT2D eigenvalue weighted by Gasteiger charge is 2.25. The van der Waals surface area contributed by atoms with Gasteiger partial charge in [-0.05, 0) is 37.5 Å². The first-order valence-corrected chi connectivity index (χ1v) is 8.17. The van der Waals surface area contributed by atoms with Crippen molar-refractivity contribution in [2.24, 2.45) is 0 Å². The van der Waals surface area contributed by atoms with Crippen LogP contribution in [0.4, 0.5) is 11.6 Å². The lowest BCUT2D eigenvalue weighted by Crippen LogP contribution is -2.32. The van der Waals surface area contributed by atoms with E-state index in [1.165, 1.54) is 0 Å². The van der Waals surface area contributed by atoms with Crippen LogP contribution < -0.4 is 10.2 Å². The van der Waals surface area contributed by atoms with Crippen LogP contribution >= 0.6 is 0 Å². The van der Waals surface area contributed by atoms with Gasteiger partial charge in [0.25, 0.3) is 0 Å². The van der Waals surface area contributed by atoms with E-state index in [-0.39, 0.29) is 18.7 Å². The lowest BCUT2D eigenvalue weighted by Gasteiger charge is -2.24. The monoisotopic (exact) mass is 323 g/mol. The molecule has 2 atom stereocenters. The van der Waals surface area contributed by atoms with E-state index in [1.807, 2.05) is 30.3 Å². The van der Waals surface area contributed by atoms with Gasteiger partial charge in [0.1, 0.15) is 18.0 Å². The van der Waals surface area contributed by atoms with Crippen LogP contribution in [-0.4, -0.2) is 34.3 Å². The van der Waals surface area contributed by atoms with Crippen LogP contribution in [0.3, 0.4) is 0 Å². The molecule has 0 aliphatic carbocycles. The van der Waals surface area contributed by atoms with Crippen molar-refractivity contribution in [1.82, 2.24) is 9.97 Å². The summed E-state index contributed by atoms with van der Waals surface area (Å²) in [5, 5.41) is 21.7. The van der Waals surface area contributed by atoms with Crippen molar-refractivity contribution in [3.63, 3.8) is 0 Å². The first-order valence-electron chi connectivity index (χ1n) is 8.17. The lowest BCUT2D eigenvalue weighted by atomic mass is 10.1. The molecule has 0 bridgehead atoms. The fraction of sp³-hybridized carbons (Fsp3) is 0.389. The molecule has 0 amide bonds. The van der Waals surface area contributed by atoms with Crippen molar-refractivity contribution >= 4 is 11.6 Å². The predicted molar refractivity (Wildman–Crippen MR) is 92.7 cm³/mol. The third-order valence-corrected chi connectivity index (χ3v) is 4.44. The van der Waals surface area contributed by atoms with Crippen LogP contribution in [-0.2, 0) is 0 Å². The van der Waals surface area contributed by atoms with E-state index in [4.69, 9.17) is 5.26 Å². The minimum atomic E-state index is 0.0627. The van der Waals surface area contributed by atoms with Crippen molar-refractivity contribution in [2.75, 3.05) is 23.4 Å². The van der Waals surface area contributed by atoms with Crippen LogP contribution in [0, 0.1) is 11.3 Å². The first-order chi connectivity index (χ1) is 11.7. The maximum Gasteiger partial charge on any atom is 0.134 e. The van der Waals surface area contributed by atoms with Gasteiger partial charge >= 0.3 is 0 Å². The molecular weight excluding hydrogens is 302 g/mol. The molecule has 24 heavy (non-hydrogen) atoms. The van der Waals surface area contributed by atoms with Crippen molar-refractivity contribution in [3.05, 3.63) is 47.8 Å². The quantitative estimate of drug-likeness (QED) is 0.879. The molecule has 2 unspecified atom stereocenters. The molecule has 2 N–H and O–H groups in total. The maximum absolute atomic E-state index is 9.48. The number of anilines is 2. The number of hydrogen-bond acceptors (Lipinski definition) is 6. The number of nitriles is 1. The third kappa shape index (κ3) is 3.47. The molecule has 1 aliphatic heterocycles. The normalized spacial score (nSPS) is 18.2. The van der Waals surface area contributed by atoms with Gasteiger partial charge in [-0.2, -0.15) is 5.26 Å². The number of aliphatic hydroxyl groups is 1. The van der Waals surface area contributed by atoms with Gasteiger partial charge in [0.05, 0.1) is 24.3 Å². The van der Waals surface area contributed by atoms with E-state index in [2.05, 4.69) is 33.2 Å². The Labute approximate surface area is 141 Å². The summed E-state index contributed by atoms with van der Waals surface area (Å²) >= 11 is 0. The third-order valence-electron chi connectivity index (χ3n) is 4.44. The van der Waals surface area contributed by atoms with Gasteiger partial charge in [0.2, 0.25) is 0 Å². The Morgan fingerprint density at radius 3 is 2.88 bits per heavy atom. The molecule has 2 aromatic rings. The molecule has 2 heterocycles. The molecular formula is C18H21N5O. The second kappa shape index (κ2) is 7.28. The Balaban J connectivity index is 1.73. The summed E-state index contributed by atoms with van der Waals surface area (Å²) in [6.45, 7) is 3.11. The van der Waals surface area contributed by atoms with E-state index >= 15 is 0 Å². The smallest absolute Gasteiger partial charge is 0.134 e. The van der Waals surface area contributed by atoms with Gasteiger partial charge in [-0.25, -0.2) is 9.97 Å². The minimum Gasteiger partial charge on any atom is -0.394 e. The molecule has 6 nitrogen and oxygen atoms in total. The van der Waals surface area contributed by atoms with Gasteiger partial charge in [-0.3, -0.25) is 0 Å². The van der Waals surface area contributed by atoms with Gasteiger partial charge in [0.15, 0.2) is 0 Å². The molecule has 0 saturated carbocycles. The summed E-state index contributed by atoms with van der Waals surface area (Å²) in [5.41, 5.74) is 1.74. The van der Waals surface area contributed by atoms with Crippen molar-refractivity contribution in [1.29, 1.82) is 5.26 Å². The molecule has 1 aliphatic rings. The highest BCUT2D eigenvalue weighted by molar-refractivity contribution is 5.51. The molecule has 1 fully saturated rings. The summed E-state index contributed by atoms with van der Waals surface area (Å²) in [6, 6.07) is 11.8. The number of benzene rings is 1. The van der Waals surface area contributed by atoms with Gasteiger partial charge in [-0.15, -0.1) is 0 Å². The van der Waals surface area contributed by atoms with Gasteiger partial charge in [-0.1, -0.05) is 12.1 Å². The van der Waals surface area contributed by atoms with E-state index < -0.39 is 0 Å². The summed E-state index contributed by atoms with van der Waals surface area (Å²) < 4.78 is 0. The minimum absolute atomic E-state index is 0.0627. The molecule has 0 spiro atoms. The summed E-state index contributed by atoms with van der Waals surface area (Å²) in [4.78, 5) is 10.8. The van der Waals surface area contributed by atoms with Crippen LogP contribution in [0.2, 0.25) is 0 Å². The molecule has 0 radical (unpaired) electrons. The number of aromatic nitrogens is 2. The number of nitrogens with zero attached hydrogens (tertiary/aromatic N) is 4. The Bertz CT molecular complexity index is 725. The largest absolute Gasteiger partial charge is 0.394 e. The number of aliphatic hydroxyl groups excluding tert-OH is 1.